The van der Waals surface area contributed by atoms with Crippen molar-refractivity contribution in [2.45, 2.75) is 59.1 Å². The molecule has 0 spiro atoms. The minimum absolute atomic E-state index is 0.0479. The Labute approximate surface area is 207 Å². The zero-order valence-corrected chi connectivity index (χ0v) is 21.1. The average molecular weight is 493 g/mol. The van der Waals surface area contributed by atoms with Crippen LogP contribution >= 0.6 is 0 Å². The second-order valence-corrected chi connectivity index (χ2v) is 10.3. The summed E-state index contributed by atoms with van der Waals surface area (Å²) in [5, 5.41) is -0.0479. The van der Waals surface area contributed by atoms with E-state index in [0.29, 0.717) is 42.8 Å². The van der Waals surface area contributed by atoms with Crippen molar-refractivity contribution in [2.75, 3.05) is 13.1 Å². The van der Waals surface area contributed by atoms with Crippen molar-refractivity contribution in [1.29, 1.82) is 0 Å². The molecule has 0 atom stereocenters. The van der Waals surface area contributed by atoms with E-state index in [1.807, 2.05) is 51.4 Å². The summed E-state index contributed by atoms with van der Waals surface area (Å²) in [5.41, 5.74) is 2.72. The third kappa shape index (κ3) is 4.43. The van der Waals surface area contributed by atoms with Gasteiger partial charge in [-0.3, -0.25) is 14.3 Å². The summed E-state index contributed by atoms with van der Waals surface area (Å²) in [4.78, 5) is 40.7. The standard InChI is InChI=1S/C26H29FN6O3/c1-15-12-32-13-21(30-23(32)16(2)29-15)17-10-19(27)22-20(11-17)28-14-33(24(22)34)18-6-8-31(9-7-18)25(35)36-26(3,4)5/h10-14,18H,6-9H2,1-5H3. The molecule has 0 unspecified atom stereocenters. The van der Waals surface area contributed by atoms with Gasteiger partial charge in [-0.1, -0.05) is 0 Å². The molecule has 0 aliphatic carbocycles. The number of carbonyl (C=O) groups is 1. The number of carbonyl (C=O) groups excluding carboxylic acids is 1. The third-order valence-electron chi connectivity index (χ3n) is 6.37. The average Bonchev–Trinajstić information content (AvgIpc) is 3.22. The maximum Gasteiger partial charge on any atom is 0.410 e. The van der Waals surface area contributed by atoms with Crippen molar-refractivity contribution < 1.29 is 13.9 Å². The Morgan fingerprint density at radius 1 is 1.11 bits per heavy atom. The van der Waals surface area contributed by atoms with Gasteiger partial charge in [0, 0.05) is 37.1 Å². The van der Waals surface area contributed by atoms with E-state index in [9.17, 15) is 9.59 Å². The summed E-state index contributed by atoms with van der Waals surface area (Å²) >= 11 is 0. The predicted molar refractivity (Wildman–Crippen MR) is 133 cm³/mol. The molecule has 4 heterocycles. The van der Waals surface area contributed by atoms with Crippen LogP contribution in [0.5, 0.6) is 0 Å². The van der Waals surface area contributed by atoms with Crippen LogP contribution in [-0.2, 0) is 4.74 Å². The van der Waals surface area contributed by atoms with E-state index in [1.165, 1.54) is 17.0 Å². The molecule has 9 nitrogen and oxygen atoms in total. The number of benzene rings is 1. The van der Waals surface area contributed by atoms with Gasteiger partial charge in [-0.2, -0.15) is 0 Å². The van der Waals surface area contributed by atoms with E-state index in [1.54, 1.807) is 11.0 Å². The third-order valence-corrected chi connectivity index (χ3v) is 6.37. The number of hydrogen-bond acceptors (Lipinski definition) is 6. The molecule has 1 aromatic carbocycles. The molecule has 1 fully saturated rings. The first kappa shape index (κ1) is 23.9. The van der Waals surface area contributed by atoms with Crippen molar-refractivity contribution in [2.24, 2.45) is 0 Å². The number of amides is 1. The van der Waals surface area contributed by atoms with Crippen molar-refractivity contribution in [3.05, 3.63) is 58.4 Å². The minimum Gasteiger partial charge on any atom is -0.444 e. The lowest BCUT2D eigenvalue weighted by Gasteiger charge is -2.34. The molecule has 5 rings (SSSR count). The van der Waals surface area contributed by atoms with Crippen LogP contribution in [0.4, 0.5) is 9.18 Å². The monoisotopic (exact) mass is 492 g/mol. The topological polar surface area (TPSA) is 94.6 Å². The molecule has 188 valence electrons. The molecular weight excluding hydrogens is 463 g/mol. The van der Waals surface area contributed by atoms with Gasteiger partial charge in [0.25, 0.3) is 5.56 Å². The first-order valence-corrected chi connectivity index (χ1v) is 12.0. The number of imidazole rings is 1. The Bertz CT molecular complexity index is 1540. The molecule has 1 aliphatic heterocycles. The molecule has 0 N–H and O–H groups in total. The van der Waals surface area contributed by atoms with Crippen LogP contribution in [0.2, 0.25) is 0 Å². The van der Waals surface area contributed by atoms with Crippen LogP contribution in [0, 0.1) is 19.7 Å². The summed E-state index contributed by atoms with van der Waals surface area (Å²) in [6, 6.07) is 2.84. The molecule has 1 saturated heterocycles. The van der Waals surface area contributed by atoms with Crippen molar-refractivity contribution in [3.8, 4) is 11.3 Å². The van der Waals surface area contributed by atoms with Gasteiger partial charge in [0.2, 0.25) is 0 Å². The quantitative estimate of drug-likeness (QED) is 0.411. The lowest BCUT2D eigenvalue weighted by Crippen LogP contribution is -2.43. The van der Waals surface area contributed by atoms with Gasteiger partial charge in [-0.15, -0.1) is 0 Å². The van der Waals surface area contributed by atoms with Gasteiger partial charge in [-0.05, 0) is 59.6 Å². The molecule has 0 bridgehead atoms. The highest BCUT2D eigenvalue weighted by molar-refractivity contribution is 5.83. The van der Waals surface area contributed by atoms with E-state index in [2.05, 4.69) is 15.0 Å². The van der Waals surface area contributed by atoms with E-state index in [-0.39, 0.29) is 23.0 Å². The Hall–Kier alpha value is -3.82. The van der Waals surface area contributed by atoms with Crippen LogP contribution < -0.4 is 5.56 Å². The SMILES string of the molecule is Cc1cn2cc(-c3cc(F)c4c(=O)n(C5CCN(C(=O)OC(C)(C)C)CC5)cnc4c3)nc2c(C)n1. The van der Waals surface area contributed by atoms with E-state index in [0.717, 1.165) is 11.4 Å². The first-order valence-electron chi connectivity index (χ1n) is 12.0. The van der Waals surface area contributed by atoms with Crippen LogP contribution in [-0.4, -0.2) is 53.6 Å². The smallest absolute Gasteiger partial charge is 0.410 e. The number of aryl methyl sites for hydroxylation is 2. The van der Waals surface area contributed by atoms with Gasteiger partial charge in [0.05, 0.1) is 28.9 Å². The molecule has 10 heteroatoms. The number of rotatable bonds is 2. The lowest BCUT2D eigenvalue weighted by molar-refractivity contribution is 0.0187. The van der Waals surface area contributed by atoms with Gasteiger partial charge in [-0.25, -0.2) is 19.2 Å². The fourth-order valence-corrected chi connectivity index (χ4v) is 4.72. The number of fused-ring (bicyclic) bond motifs is 2. The van der Waals surface area contributed by atoms with Crippen molar-refractivity contribution in [1.82, 2.24) is 28.8 Å². The number of ether oxygens (including phenoxy) is 1. The molecule has 0 radical (unpaired) electrons. The largest absolute Gasteiger partial charge is 0.444 e. The van der Waals surface area contributed by atoms with Gasteiger partial charge in [0.1, 0.15) is 16.8 Å². The summed E-state index contributed by atoms with van der Waals surface area (Å²) < 4.78 is 24.1. The molecule has 36 heavy (non-hydrogen) atoms. The number of likely N-dealkylation sites (tertiary alicyclic amines) is 1. The van der Waals surface area contributed by atoms with E-state index < -0.39 is 17.0 Å². The van der Waals surface area contributed by atoms with Gasteiger partial charge < -0.3 is 14.0 Å². The maximum atomic E-state index is 15.3. The zero-order chi connectivity index (χ0) is 25.8. The number of halogens is 1. The minimum atomic E-state index is -0.636. The van der Waals surface area contributed by atoms with E-state index in [4.69, 9.17) is 4.74 Å². The Kier molecular flexibility index (Phi) is 5.77. The maximum absolute atomic E-state index is 15.3. The molecule has 1 amide bonds. The predicted octanol–water partition coefficient (Wildman–Crippen LogP) is 4.43. The Morgan fingerprint density at radius 3 is 2.53 bits per heavy atom. The summed E-state index contributed by atoms with van der Waals surface area (Å²) in [5.74, 6) is -0.636. The molecular formula is C26H29FN6O3. The van der Waals surface area contributed by atoms with Crippen molar-refractivity contribution in [3.63, 3.8) is 0 Å². The number of aromatic nitrogens is 5. The van der Waals surface area contributed by atoms with Crippen LogP contribution in [0.1, 0.15) is 51.0 Å². The molecule has 1 aliphatic rings. The molecule has 4 aromatic rings. The van der Waals surface area contributed by atoms with Gasteiger partial charge >= 0.3 is 6.09 Å². The molecule has 0 saturated carbocycles. The second kappa shape index (κ2) is 8.69. The highest BCUT2D eigenvalue weighted by atomic mass is 19.1. The fraction of sp³-hybridized carbons (Fsp3) is 0.423. The lowest BCUT2D eigenvalue weighted by atomic mass is 10.0. The summed E-state index contributed by atoms with van der Waals surface area (Å²) in [6.07, 6.45) is 5.90. The van der Waals surface area contributed by atoms with Crippen LogP contribution in [0.25, 0.3) is 27.8 Å². The molecule has 3 aromatic heterocycles. The number of piperidine rings is 1. The van der Waals surface area contributed by atoms with Gasteiger partial charge in [0.15, 0.2) is 5.65 Å². The first-order chi connectivity index (χ1) is 17.0. The second-order valence-electron chi connectivity index (χ2n) is 10.3. The fourth-order valence-electron chi connectivity index (χ4n) is 4.72. The number of nitrogens with zero attached hydrogens (tertiary/aromatic N) is 6. The Morgan fingerprint density at radius 2 is 1.83 bits per heavy atom. The van der Waals surface area contributed by atoms with Crippen LogP contribution in [0.3, 0.4) is 0 Å². The normalized spacial score (nSPS) is 15.1. The Balaban J connectivity index is 1.42. The highest BCUT2D eigenvalue weighted by Crippen LogP contribution is 2.27. The summed E-state index contributed by atoms with van der Waals surface area (Å²) in [7, 11) is 0. The van der Waals surface area contributed by atoms with Crippen molar-refractivity contribution >= 4 is 22.6 Å². The number of hydrogen-bond donors (Lipinski definition) is 0. The van der Waals surface area contributed by atoms with E-state index >= 15 is 4.39 Å². The zero-order valence-electron chi connectivity index (χ0n) is 21.1. The summed E-state index contributed by atoms with van der Waals surface area (Å²) in [6.45, 7) is 10.2. The van der Waals surface area contributed by atoms with Crippen LogP contribution in [0.15, 0.2) is 35.6 Å². The highest BCUT2D eigenvalue weighted by Gasteiger charge is 2.28.